The topological polar surface area (TPSA) is 92.2 Å². The molecule has 2 aromatic heterocycles. The number of nitrogens with one attached hydrogen (secondary N) is 2. The second-order valence-corrected chi connectivity index (χ2v) is 8.60. The summed E-state index contributed by atoms with van der Waals surface area (Å²) in [6.07, 6.45) is 0.343. The maximum absolute atomic E-state index is 12.9. The second kappa shape index (κ2) is 8.78. The van der Waals surface area contributed by atoms with Crippen LogP contribution in [0.25, 0.3) is 10.9 Å². The van der Waals surface area contributed by atoms with E-state index in [0.717, 1.165) is 33.5 Å². The Morgan fingerprint density at radius 3 is 2.75 bits per heavy atom. The first-order valence-electron chi connectivity index (χ1n) is 11.0. The third-order valence-electron chi connectivity index (χ3n) is 6.66. The minimum Gasteiger partial charge on any atom is -0.365 e. The van der Waals surface area contributed by atoms with E-state index in [1.165, 1.54) is 11.3 Å². The maximum atomic E-state index is 12.9. The van der Waals surface area contributed by atoms with E-state index in [0.29, 0.717) is 26.0 Å². The van der Waals surface area contributed by atoms with E-state index < -0.39 is 6.10 Å². The number of aromatic amines is 1. The predicted octanol–water partition coefficient (Wildman–Crippen LogP) is 2.93. The molecular formula is C24H31N5O3. The van der Waals surface area contributed by atoms with Gasteiger partial charge in [0.2, 0.25) is 5.91 Å². The van der Waals surface area contributed by atoms with E-state index in [1.54, 1.807) is 4.90 Å². The van der Waals surface area contributed by atoms with Crippen molar-refractivity contribution in [2.45, 2.75) is 46.6 Å². The molecule has 4 rings (SSSR count). The number of carbonyl (C=O) groups is 2. The number of anilines is 1. The van der Waals surface area contributed by atoms with Crippen LogP contribution in [0.2, 0.25) is 0 Å². The van der Waals surface area contributed by atoms with Gasteiger partial charge in [0.1, 0.15) is 0 Å². The van der Waals surface area contributed by atoms with Gasteiger partial charge in [0.25, 0.3) is 5.91 Å². The molecule has 1 saturated heterocycles. The molecule has 1 aliphatic heterocycles. The summed E-state index contributed by atoms with van der Waals surface area (Å²) in [6.45, 7) is 9.19. The van der Waals surface area contributed by atoms with Gasteiger partial charge < -0.3 is 19.5 Å². The monoisotopic (exact) mass is 437 g/mol. The van der Waals surface area contributed by atoms with Crippen LogP contribution < -0.4 is 5.32 Å². The number of benzene rings is 1. The first-order chi connectivity index (χ1) is 15.3. The Morgan fingerprint density at radius 2 is 2.03 bits per heavy atom. The lowest BCUT2D eigenvalue weighted by atomic mass is 10.1. The molecule has 170 valence electrons. The molecule has 0 saturated carbocycles. The average Bonchev–Trinajstić information content (AvgIpc) is 3.22. The van der Waals surface area contributed by atoms with E-state index in [4.69, 9.17) is 4.74 Å². The number of aryl methyl sites for hydroxylation is 4. The smallest absolute Gasteiger partial charge is 0.255 e. The van der Waals surface area contributed by atoms with E-state index >= 15 is 0 Å². The first kappa shape index (κ1) is 22.1. The summed E-state index contributed by atoms with van der Waals surface area (Å²) in [4.78, 5) is 27.4. The zero-order chi connectivity index (χ0) is 23.0. The van der Waals surface area contributed by atoms with Gasteiger partial charge in [-0.05, 0) is 63.4 Å². The Labute approximate surface area is 187 Å². The summed E-state index contributed by atoms with van der Waals surface area (Å²) in [5.41, 5.74) is 7.27. The predicted molar refractivity (Wildman–Crippen MR) is 124 cm³/mol. The van der Waals surface area contributed by atoms with Gasteiger partial charge in [0.15, 0.2) is 6.10 Å². The highest BCUT2D eigenvalue weighted by molar-refractivity contribution is 5.97. The molecule has 0 aliphatic carbocycles. The van der Waals surface area contributed by atoms with Crippen LogP contribution in [0.3, 0.4) is 0 Å². The second-order valence-electron chi connectivity index (χ2n) is 8.60. The summed E-state index contributed by atoms with van der Waals surface area (Å²) in [5.74, 6) is -0.198. The maximum Gasteiger partial charge on any atom is 0.255 e. The Kier molecular flexibility index (Phi) is 6.06. The summed E-state index contributed by atoms with van der Waals surface area (Å²) >= 11 is 0. The lowest BCUT2D eigenvalue weighted by molar-refractivity contribution is -0.144. The molecule has 3 aromatic rings. The van der Waals surface area contributed by atoms with Crippen LogP contribution in [-0.2, 0) is 27.8 Å². The number of hydrogen-bond donors (Lipinski definition) is 2. The van der Waals surface area contributed by atoms with Crippen LogP contribution in [-0.4, -0.2) is 57.3 Å². The van der Waals surface area contributed by atoms with Gasteiger partial charge in [-0.3, -0.25) is 14.7 Å². The number of nitrogens with zero attached hydrogens (tertiary/aromatic N) is 3. The number of rotatable bonds is 5. The van der Waals surface area contributed by atoms with Crippen molar-refractivity contribution in [2.75, 3.05) is 25.0 Å². The van der Waals surface area contributed by atoms with E-state index in [-0.39, 0.29) is 18.4 Å². The fraction of sp³-hybridized carbons (Fsp3) is 0.458. The van der Waals surface area contributed by atoms with Crippen LogP contribution in [0.5, 0.6) is 0 Å². The molecule has 8 nitrogen and oxygen atoms in total. The molecule has 0 spiro atoms. The molecule has 0 radical (unpaired) electrons. The lowest BCUT2D eigenvalue weighted by Gasteiger charge is -2.32. The third-order valence-corrected chi connectivity index (χ3v) is 6.66. The molecule has 1 aromatic carbocycles. The van der Waals surface area contributed by atoms with Crippen molar-refractivity contribution in [3.63, 3.8) is 0 Å². The van der Waals surface area contributed by atoms with Crippen LogP contribution in [0.1, 0.15) is 34.6 Å². The fourth-order valence-electron chi connectivity index (χ4n) is 4.42. The highest BCUT2D eigenvalue weighted by atomic mass is 16.5. The fourth-order valence-corrected chi connectivity index (χ4v) is 4.42. The summed E-state index contributed by atoms with van der Waals surface area (Å²) in [7, 11) is 2.04. The van der Waals surface area contributed by atoms with Crippen molar-refractivity contribution in [1.82, 2.24) is 19.7 Å². The molecule has 1 unspecified atom stereocenters. The number of fused-ring (bicyclic) bond motifs is 1. The number of ether oxygens (including phenoxy) is 1. The lowest BCUT2D eigenvalue weighted by Crippen LogP contribution is -2.50. The summed E-state index contributed by atoms with van der Waals surface area (Å²) < 4.78 is 7.84. The summed E-state index contributed by atoms with van der Waals surface area (Å²) in [6, 6.07) is 5.92. The number of carbonyl (C=O) groups excluding carboxylic acids is 2. The van der Waals surface area contributed by atoms with Crippen molar-refractivity contribution in [3.05, 3.63) is 46.4 Å². The van der Waals surface area contributed by atoms with Crippen molar-refractivity contribution in [2.24, 2.45) is 7.05 Å². The van der Waals surface area contributed by atoms with Gasteiger partial charge in [-0.2, -0.15) is 5.10 Å². The van der Waals surface area contributed by atoms with Gasteiger partial charge in [-0.15, -0.1) is 0 Å². The van der Waals surface area contributed by atoms with Gasteiger partial charge in [0.05, 0.1) is 18.8 Å². The van der Waals surface area contributed by atoms with E-state index in [9.17, 15) is 9.59 Å². The van der Waals surface area contributed by atoms with Crippen molar-refractivity contribution < 1.29 is 14.3 Å². The van der Waals surface area contributed by atoms with Gasteiger partial charge >= 0.3 is 0 Å². The molecule has 2 N–H and O–H groups in total. The minimum absolute atomic E-state index is 0.0305. The molecular weight excluding hydrogens is 406 g/mol. The Bertz CT molecular complexity index is 1160. The van der Waals surface area contributed by atoms with E-state index in [2.05, 4.69) is 33.9 Å². The van der Waals surface area contributed by atoms with Gasteiger partial charge in [0, 0.05) is 48.0 Å². The zero-order valence-electron chi connectivity index (χ0n) is 19.4. The number of morpholine rings is 1. The standard InChI is InChI=1S/C24H31N5O3/c1-14-17(4)28(5)21-8-6-18(12-20(14)21)25-24(31)22-13-29(10-11-32-22)23(30)9-7-19-15(2)26-27-16(19)3/h6,8,12,22H,7,9-11,13H2,1-5H3,(H,25,31)(H,26,27). The van der Waals surface area contributed by atoms with E-state index in [1.807, 2.05) is 39.1 Å². The Hall–Kier alpha value is -3.13. The van der Waals surface area contributed by atoms with Crippen molar-refractivity contribution in [1.29, 1.82) is 0 Å². The molecule has 1 fully saturated rings. The van der Waals surface area contributed by atoms with Crippen LogP contribution in [0.15, 0.2) is 18.2 Å². The molecule has 3 heterocycles. The highest BCUT2D eigenvalue weighted by Gasteiger charge is 2.29. The van der Waals surface area contributed by atoms with Crippen molar-refractivity contribution in [3.8, 4) is 0 Å². The molecule has 0 bridgehead atoms. The Morgan fingerprint density at radius 1 is 1.25 bits per heavy atom. The van der Waals surface area contributed by atoms with Gasteiger partial charge in [-0.1, -0.05) is 0 Å². The number of H-pyrrole nitrogens is 1. The van der Waals surface area contributed by atoms with Gasteiger partial charge in [-0.25, -0.2) is 0 Å². The largest absolute Gasteiger partial charge is 0.365 e. The molecule has 8 heteroatoms. The van der Waals surface area contributed by atoms with Crippen LogP contribution >= 0.6 is 0 Å². The molecule has 1 atom stereocenters. The zero-order valence-corrected chi connectivity index (χ0v) is 19.4. The number of amides is 2. The SMILES string of the molecule is Cc1n[nH]c(C)c1CCC(=O)N1CCOC(C(=O)Nc2ccc3c(c2)c(C)c(C)n3C)C1. The molecule has 1 aliphatic rings. The normalized spacial score (nSPS) is 16.5. The van der Waals surface area contributed by atoms with Crippen LogP contribution in [0.4, 0.5) is 5.69 Å². The average molecular weight is 438 g/mol. The first-order valence-corrected chi connectivity index (χ1v) is 11.0. The highest BCUT2D eigenvalue weighted by Crippen LogP contribution is 2.27. The summed E-state index contributed by atoms with van der Waals surface area (Å²) in [5, 5.41) is 11.2. The quantitative estimate of drug-likeness (QED) is 0.642. The third kappa shape index (κ3) is 4.14. The Balaban J connectivity index is 1.38. The molecule has 32 heavy (non-hydrogen) atoms. The minimum atomic E-state index is -0.681. The van der Waals surface area contributed by atoms with Crippen LogP contribution in [0, 0.1) is 27.7 Å². The van der Waals surface area contributed by atoms with Crippen molar-refractivity contribution >= 4 is 28.4 Å². The number of aromatic nitrogens is 3. The molecule has 2 amide bonds. The number of hydrogen-bond acceptors (Lipinski definition) is 4.